The van der Waals surface area contributed by atoms with Crippen LogP contribution < -0.4 is 4.57 Å². The van der Waals surface area contributed by atoms with Crippen LogP contribution in [0.3, 0.4) is 0 Å². The third-order valence-electron chi connectivity index (χ3n) is 7.45. The molecule has 2 unspecified atom stereocenters. The topological polar surface area (TPSA) is 16.8 Å². The monoisotopic (exact) mass is 413 g/mol. The second-order valence-electron chi connectivity index (χ2n) is 10.1. The molecule has 1 aliphatic heterocycles. The number of aromatic nitrogens is 2. The maximum absolute atomic E-state index is 5.02. The Bertz CT molecular complexity index is 1120. The molecular weight excluding hydrogens is 376 g/mol. The van der Waals surface area contributed by atoms with E-state index in [2.05, 4.69) is 103 Å². The highest BCUT2D eigenvalue weighted by atomic mass is 15.1. The van der Waals surface area contributed by atoms with Gasteiger partial charge in [-0.3, -0.25) is 0 Å². The van der Waals surface area contributed by atoms with Crippen LogP contribution in [-0.2, 0) is 5.54 Å². The minimum atomic E-state index is 0.0329. The lowest BCUT2D eigenvalue weighted by Crippen LogP contribution is -2.65. The number of fused-ring (bicyclic) bond motifs is 3. The maximum atomic E-state index is 5.02. The van der Waals surface area contributed by atoms with Gasteiger partial charge < -0.3 is 0 Å². The third-order valence-corrected chi connectivity index (χ3v) is 7.45. The van der Waals surface area contributed by atoms with E-state index in [4.69, 9.17) is 4.98 Å². The Morgan fingerprint density at radius 1 is 0.935 bits per heavy atom. The van der Waals surface area contributed by atoms with E-state index in [-0.39, 0.29) is 5.54 Å². The molecule has 2 aromatic carbocycles. The van der Waals surface area contributed by atoms with Crippen molar-refractivity contribution in [2.75, 3.05) is 0 Å². The van der Waals surface area contributed by atoms with Gasteiger partial charge in [0, 0.05) is 23.1 Å². The van der Waals surface area contributed by atoms with Gasteiger partial charge in [-0.1, -0.05) is 62.9 Å². The van der Waals surface area contributed by atoms with Crippen molar-refractivity contribution >= 4 is 0 Å². The number of hydrogen-bond donors (Lipinski definition) is 0. The Balaban J connectivity index is 2.06. The quantitative estimate of drug-likeness (QED) is 0.413. The van der Waals surface area contributed by atoms with Crippen LogP contribution in [-0.4, -0.2) is 4.98 Å². The fourth-order valence-electron chi connectivity index (χ4n) is 6.27. The third kappa shape index (κ3) is 3.41. The van der Waals surface area contributed by atoms with Gasteiger partial charge in [0.15, 0.2) is 5.69 Å². The first kappa shape index (κ1) is 21.7. The van der Waals surface area contributed by atoms with Crippen molar-refractivity contribution in [1.82, 2.24) is 4.98 Å². The van der Waals surface area contributed by atoms with Crippen molar-refractivity contribution in [3.8, 4) is 22.5 Å². The number of hydrogen-bond acceptors (Lipinski definition) is 1. The zero-order valence-electron chi connectivity index (χ0n) is 20.5. The van der Waals surface area contributed by atoms with Crippen molar-refractivity contribution in [1.29, 1.82) is 0 Å². The summed E-state index contributed by atoms with van der Waals surface area (Å²) in [4.78, 5) is 5.02. The highest BCUT2D eigenvalue weighted by molar-refractivity contribution is 5.71. The molecule has 0 radical (unpaired) electrons. The molecule has 31 heavy (non-hydrogen) atoms. The Labute approximate surface area is 188 Å². The van der Waals surface area contributed by atoms with E-state index < -0.39 is 0 Å². The number of benzene rings is 2. The van der Waals surface area contributed by atoms with Crippen molar-refractivity contribution in [2.24, 2.45) is 5.92 Å². The summed E-state index contributed by atoms with van der Waals surface area (Å²) in [5.74, 6) is 0.948. The van der Waals surface area contributed by atoms with Gasteiger partial charge in [-0.2, -0.15) is 0 Å². The summed E-state index contributed by atoms with van der Waals surface area (Å²) < 4.78 is 2.53. The first-order valence-electron chi connectivity index (χ1n) is 11.8. The summed E-state index contributed by atoms with van der Waals surface area (Å²) in [5.41, 5.74) is 11.8. The number of aryl methyl sites for hydroxylation is 4. The molecular formula is C29H37N2+. The van der Waals surface area contributed by atoms with Crippen LogP contribution in [0.4, 0.5) is 0 Å². The van der Waals surface area contributed by atoms with Crippen LogP contribution in [0.25, 0.3) is 22.5 Å². The Morgan fingerprint density at radius 3 is 2.19 bits per heavy atom. The molecule has 2 nitrogen and oxygen atoms in total. The molecule has 2 heterocycles. The molecule has 0 saturated carbocycles. The van der Waals surface area contributed by atoms with E-state index in [1.807, 2.05) is 0 Å². The summed E-state index contributed by atoms with van der Waals surface area (Å²) in [6.07, 6.45) is 4.45. The molecule has 0 bridgehead atoms. The van der Waals surface area contributed by atoms with Crippen LogP contribution in [0.2, 0.25) is 0 Å². The van der Waals surface area contributed by atoms with E-state index >= 15 is 0 Å². The summed E-state index contributed by atoms with van der Waals surface area (Å²) in [7, 11) is 0. The molecule has 162 valence electrons. The first-order valence-corrected chi connectivity index (χ1v) is 11.8. The highest BCUT2D eigenvalue weighted by Gasteiger charge is 2.50. The van der Waals surface area contributed by atoms with E-state index in [0.717, 1.165) is 18.5 Å². The lowest BCUT2D eigenvalue weighted by molar-refractivity contribution is -0.772. The van der Waals surface area contributed by atoms with Crippen molar-refractivity contribution in [3.05, 3.63) is 70.5 Å². The molecule has 1 aliphatic rings. The molecule has 0 spiro atoms. The molecule has 4 rings (SSSR count). The normalized spacial score (nSPS) is 20.0. The summed E-state index contributed by atoms with van der Waals surface area (Å²) in [6.45, 7) is 18.4. The van der Waals surface area contributed by atoms with Gasteiger partial charge in [0.05, 0.1) is 0 Å². The first-order chi connectivity index (χ1) is 14.7. The molecule has 2 atom stereocenters. The smallest absolute Gasteiger partial charge is 0.223 e. The minimum Gasteiger partial charge on any atom is -0.223 e. The molecule has 0 amide bonds. The standard InChI is InChI=1S/C29H37N2/c1-9-10-29(18(2)3)23(8)28-22(7)12-21(6)15-25(28)27-16-26(30-17-31(27)29)24-13-19(4)11-20(5)14-24/h11-18,23H,9-10H2,1-8H3/q+1. The van der Waals surface area contributed by atoms with Gasteiger partial charge >= 0.3 is 0 Å². The predicted octanol–water partition coefficient (Wildman–Crippen LogP) is 7.21. The number of nitrogens with zero attached hydrogens (tertiary/aromatic N) is 2. The minimum absolute atomic E-state index is 0.0329. The zero-order chi connectivity index (χ0) is 22.5. The SMILES string of the molecule is CCCC1(C(C)C)C(C)c2c(C)cc(C)cc2-c2cc(-c3cc(C)cc(C)c3)nc[n+]21. The van der Waals surface area contributed by atoms with Gasteiger partial charge in [0.2, 0.25) is 0 Å². The number of rotatable bonds is 4. The van der Waals surface area contributed by atoms with Crippen LogP contribution in [0.1, 0.15) is 74.3 Å². The molecule has 0 aliphatic carbocycles. The summed E-state index contributed by atoms with van der Waals surface area (Å²) in [6, 6.07) is 13.8. The maximum Gasteiger partial charge on any atom is 0.287 e. The van der Waals surface area contributed by atoms with Crippen LogP contribution in [0.15, 0.2) is 42.7 Å². The Kier molecular flexibility index (Phi) is 5.54. The summed E-state index contributed by atoms with van der Waals surface area (Å²) >= 11 is 0. The van der Waals surface area contributed by atoms with Crippen molar-refractivity contribution < 1.29 is 4.57 Å². The predicted molar refractivity (Wildman–Crippen MR) is 130 cm³/mol. The van der Waals surface area contributed by atoms with Crippen LogP contribution in [0, 0.1) is 33.6 Å². The van der Waals surface area contributed by atoms with Gasteiger partial charge in [0.25, 0.3) is 6.33 Å². The van der Waals surface area contributed by atoms with Gasteiger partial charge in [0.1, 0.15) is 11.2 Å². The van der Waals surface area contributed by atoms with Gasteiger partial charge in [-0.15, -0.1) is 0 Å². The zero-order valence-corrected chi connectivity index (χ0v) is 20.5. The highest BCUT2D eigenvalue weighted by Crippen LogP contribution is 2.49. The molecule has 1 aromatic heterocycles. The average Bonchev–Trinajstić information content (AvgIpc) is 2.69. The van der Waals surface area contributed by atoms with E-state index in [1.165, 1.54) is 44.6 Å². The second-order valence-corrected chi connectivity index (χ2v) is 10.1. The lowest BCUT2D eigenvalue weighted by atomic mass is 9.65. The second kappa shape index (κ2) is 7.89. The van der Waals surface area contributed by atoms with E-state index in [1.54, 1.807) is 0 Å². The molecule has 0 N–H and O–H groups in total. The summed E-state index contributed by atoms with van der Waals surface area (Å²) in [5, 5.41) is 0. The van der Waals surface area contributed by atoms with Gasteiger partial charge in [-0.05, 0) is 74.3 Å². The van der Waals surface area contributed by atoms with E-state index in [0.29, 0.717) is 11.8 Å². The van der Waals surface area contributed by atoms with Crippen LogP contribution in [0.5, 0.6) is 0 Å². The fourth-order valence-corrected chi connectivity index (χ4v) is 6.27. The average molecular weight is 414 g/mol. The molecule has 2 heteroatoms. The molecule has 3 aromatic rings. The Morgan fingerprint density at radius 2 is 1.58 bits per heavy atom. The van der Waals surface area contributed by atoms with Gasteiger partial charge in [-0.25, -0.2) is 4.57 Å². The van der Waals surface area contributed by atoms with Crippen LogP contribution >= 0.6 is 0 Å². The van der Waals surface area contributed by atoms with E-state index in [9.17, 15) is 0 Å². The van der Waals surface area contributed by atoms with Crippen molar-refractivity contribution in [3.63, 3.8) is 0 Å². The van der Waals surface area contributed by atoms with Crippen molar-refractivity contribution in [2.45, 2.75) is 79.7 Å². The lowest BCUT2D eigenvalue weighted by Gasteiger charge is -2.45. The Hall–Kier alpha value is -2.48. The largest absolute Gasteiger partial charge is 0.287 e. The fraction of sp³-hybridized carbons (Fsp3) is 0.448. The molecule has 0 saturated heterocycles. The molecule has 0 fully saturated rings.